The van der Waals surface area contributed by atoms with Crippen molar-refractivity contribution in [1.82, 2.24) is 14.5 Å². The molecule has 0 spiro atoms. The summed E-state index contributed by atoms with van der Waals surface area (Å²) in [6.07, 6.45) is 2.17. The van der Waals surface area contributed by atoms with E-state index in [4.69, 9.17) is 14.2 Å². The molecule has 0 saturated heterocycles. The van der Waals surface area contributed by atoms with Crippen molar-refractivity contribution in [3.8, 4) is 17.4 Å². The molecule has 8 nitrogen and oxygen atoms in total. The molecular formula is C22H22F2N4O4. The quantitative estimate of drug-likeness (QED) is 0.645. The number of aryl methyl sites for hydroxylation is 1. The minimum Gasteiger partial charge on any atom is -0.473 e. The highest BCUT2D eigenvalue weighted by Crippen LogP contribution is 2.29. The molecule has 0 bridgehead atoms. The predicted octanol–water partition coefficient (Wildman–Crippen LogP) is 3.43. The summed E-state index contributed by atoms with van der Waals surface area (Å²) in [7, 11) is 0. The molecule has 0 unspecified atom stereocenters. The van der Waals surface area contributed by atoms with Crippen molar-refractivity contribution < 1.29 is 23.0 Å². The van der Waals surface area contributed by atoms with Crippen molar-refractivity contribution in [3.05, 3.63) is 69.9 Å². The topological polar surface area (TPSA) is 87.5 Å². The summed E-state index contributed by atoms with van der Waals surface area (Å²) in [5, 5.41) is 3.11. The summed E-state index contributed by atoms with van der Waals surface area (Å²) in [5.74, 6) is -1.37. The van der Waals surface area contributed by atoms with Crippen molar-refractivity contribution in [1.29, 1.82) is 0 Å². The Bertz CT molecular complexity index is 1150. The number of benzene rings is 1. The lowest BCUT2D eigenvalue weighted by Crippen LogP contribution is -2.26. The van der Waals surface area contributed by atoms with Crippen LogP contribution in [0.3, 0.4) is 0 Å². The number of halogens is 2. The Balaban J connectivity index is 1.49. The molecule has 0 amide bonds. The molecular weight excluding hydrogens is 422 g/mol. The second kappa shape index (κ2) is 9.73. The molecule has 1 N–H and O–H groups in total. The van der Waals surface area contributed by atoms with Crippen LogP contribution in [0.25, 0.3) is 0 Å². The molecule has 0 radical (unpaired) electrons. The minimum absolute atomic E-state index is 0.0577. The Kier molecular flexibility index (Phi) is 6.60. The van der Waals surface area contributed by atoms with Crippen molar-refractivity contribution >= 4 is 5.82 Å². The summed E-state index contributed by atoms with van der Waals surface area (Å²) in [4.78, 5) is 20.3. The molecule has 1 aliphatic rings. The summed E-state index contributed by atoms with van der Waals surface area (Å²) in [6, 6.07) is 6.90. The molecule has 3 aromatic rings. The minimum atomic E-state index is -0.873. The number of hydrogen-bond acceptors (Lipinski definition) is 7. The first-order chi connectivity index (χ1) is 15.5. The van der Waals surface area contributed by atoms with Gasteiger partial charge in [0.15, 0.2) is 17.4 Å². The van der Waals surface area contributed by atoms with E-state index in [1.165, 1.54) is 16.8 Å². The van der Waals surface area contributed by atoms with E-state index < -0.39 is 23.1 Å². The molecule has 0 aliphatic carbocycles. The van der Waals surface area contributed by atoms with Gasteiger partial charge in [0, 0.05) is 43.7 Å². The van der Waals surface area contributed by atoms with Gasteiger partial charge in [-0.3, -0.25) is 9.55 Å². The van der Waals surface area contributed by atoms with Gasteiger partial charge in [-0.2, -0.15) is 4.98 Å². The van der Waals surface area contributed by atoms with Crippen LogP contribution in [0.4, 0.5) is 14.6 Å². The SMILES string of the molecule is Cc1cc(Oc2c(F)cc(COc3cc4n(c(=O)n3)CCCOCCN4)cc2F)ccn1. The van der Waals surface area contributed by atoms with Gasteiger partial charge < -0.3 is 19.5 Å². The highest BCUT2D eigenvalue weighted by Gasteiger charge is 2.16. The normalized spacial score (nSPS) is 13.8. The summed E-state index contributed by atoms with van der Waals surface area (Å²) >= 11 is 0. The number of ether oxygens (including phenoxy) is 3. The summed E-state index contributed by atoms with van der Waals surface area (Å²) < 4.78 is 46.8. The standard InChI is InChI=1S/C22H22F2N4O4/c1-14-9-16(3-4-25-14)32-21-17(23)10-15(11-18(21)24)13-31-20-12-19-26-5-8-30-7-2-6-28(19)22(29)27-20/h3-4,9-12,26H,2,5-8,13H2,1H3. The Morgan fingerprint density at radius 2 is 2.00 bits per heavy atom. The molecule has 1 aliphatic heterocycles. The lowest BCUT2D eigenvalue weighted by molar-refractivity contribution is 0.140. The van der Waals surface area contributed by atoms with Gasteiger partial charge in [-0.05, 0) is 37.1 Å². The second-order valence-electron chi connectivity index (χ2n) is 7.22. The summed E-state index contributed by atoms with van der Waals surface area (Å²) in [6.45, 7) is 3.62. The van der Waals surface area contributed by atoms with Gasteiger partial charge in [0.25, 0.3) is 0 Å². The van der Waals surface area contributed by atoms with Crippen LogP contribution in [0.5, 0.6) is 17.4 Å². The Morgan fingerprint density at radius 3 is 2.78 bits per heavy atom. The molecule has 10 heteroatoms. The predicted molar refractivity (Wildman–Crippen MR) is 112 cm³/mol. The number of anilines is 1. The fourth-order valence-corrected chi connectivity index (χ4v) is 3.25. The van der Waals surface area contributed by atoms with Gasteiger partial charge in [0.2, 0.25) is 5.88 Å². The van der Waals surface area contributed by atoms with Gasteiger partial charge in [-0.15, -0.1) is 0 Å². The zero-order valence-corrected chi connectivity index (χ0v) is 17.4. The number of nitrogens with zero attached hydrogens (tertiary/aromatic N) is 3. The number of aromatic nitrogens is 3. The molecule has 0 fully saturated rings. The first-order valence-electron chi connectivity index (χ1n) is 10.1. The number of pyridine rings is 1. The van der Waals surface area contributed by atoms with Gasteiger partial charge in [-0.25, -0.2) is 13.6 Å². The molecule has 168 valence electrons. The van der Waals surface area contributed by atoms with Gasteiger partial charge in [0.1, 0.15) is 18.2 Å². The van der Waals surface area contributed by atoms with Crippen LogP contribution >= 0.6 is 0 Å². The van der Waals surface area contributed by atoms with E-state index >= 15 is 0 Å². The molecule has 0 saturated carbocycles. The van der Waals surface area contributed by atoms with E-state index in [0.29, 0.717) is 44.2 Å². The number of fused-ring (bicyclic) bond motifs is 1. The third-order valence-electron chi connectivity index (χ3n) is 4.74. The Hall–Kier alpha value is -3.53. The largest absolute Gasteiger partial charge is 0.473 e. The lowest BCUT2D eigenvalue weighted by atomic mass is 10.2. The zero-order valence-electron chi connectivity index (χ0n) is 17.4. The van der Waals surface area contributed by atoms with Crippen molar-refractivity contribution in [2.45, 2.75) is 26.5 Å². The Morgan fingerprint density at radius 1 is 1.19 bits per heavy atom. The maximum atomic E-state index is 14.5. The van der Waals surface area contributed by atoms with Gasteiger partial charge in [-0.1, -0.05) is 0 Å². The monoisotopic (exact) mass is 444 g/mol. The number of nitrogens with one attached hydrogen (secondary N) is 1. The first-order valence-corrected chi connectivity index (χ1v) is 10.1. The first kappa shape index (κ1) is 21.7. The van der Waals surface area contributed by atoms with E-state index in [2.05, 4.69) is 15.3 Å². The number of rotatable bonds is 5. The van der Waals surface area contributed by atoms with E-state index in [0.717, 1.165) is 12.1 Å². The molecule has 2 aromatic heterocycles. The van der Waals surface area contributed by atoms with Gasteiger partial charge >= 0.3 is 5.69 Å². The second-order valence-corrected chi connectivity index (χ2v) is 7.22. The lowest BCUT2D eigenvalue weighted by Gasteiger charge is -2.14. The van der Waals surface area contributed by atoms with Crippen LogP contribution in [0.1, 0.15) is 17.7 Å². The van der Waals surface area contributed by atoms with Crippen molar-refractivity contribution in [2.75, 3.05) is 25.1 Å². The van der Waals surface area contributed by atoms with Crippen molar-refractivity contribution in [3.63, 3.8) is 0 Å². The van der Waals surface area contributed by atoms with Crippen LogP contribution in [0.2, 0.25) is 0 Å². The van der Waals surface area contributed by atoms with E-state index in [1.54, 1.807) is 19.1 Å². The smallest absolute Gasteiger partial charge is 0.352 e. The maximum Gasteiger partial charge on any atom is 0.352 e. The van der Waals surface area contributed by atoms with Crippen LogP contribution in [0.15, 0.2) is 41.3 Å². The maximum absolute atomic E-state index is 14.5. The highest BCUT2D eigenvalue weighted by molar-refractivity contribution is 5.39. The fourth-order valence-electron chi connectivity index (χ4n) is 3.25. The fraction of sp³-hybridized carbons (Fsp3) is 0.318. The Labute approximate surface area is 182 Å². The molecule has 4 rings (SSSR count). The summed E-state index contributed by atoms with van der Waals surface area (Å²) in [5.41, 5.74) is 0.413. The van der Waals surface area contributed by atoms with E-state index in [9.17, 15) is 13.6 Å². The molecule has 0 atom stereocenters. The highest BCUT2D eigenvalue weighted by atomic mass is 19.1. The van der Waals surface area contributed by atoms with Gasteiger partial charge in [0.05, 0.1) is 6.61 Å². The van der Waals surface area contributed by atoms with Crippen LogP contribution in [-0.4, -0.2) is 34.3 Å². The van der Waals surface area contributed by atoms with E-state index in [1.807, 2.05) is 0 Å². The van der Waals surface area contributed by atoms with Crippen LogP contribution in [-0.2, 0) is 17.9 Å². The molecule has 32 heavy (non-hydrogen) atoms. The van der Waals surface area contributed by atoms with Crippen LogP contribution < -0.4 is 20.5 Å². The average molecular weight is 444 g/mol. The van der Waals surface area contributed by atoms with E-state index in [-0.39, 0.29) is 23.8 Å². The van der Waals surface area contributed by atoms with Crippen molar-refractivity contribution in [2.24, 2.45) is 0 Å². The van der Waals surface area contributed by atoms with Crippen LogP contribution in [0, 0.1) is 18.6 Å². The third kappa shape index (κ3) is 5.20. The third-order valence-corrected chi connectivity index (χ3v) is 4.74. The molecule has 1 aromatic carbocycles. The zero-order chi connectivity index (χ0) is 22.5. The molecule has 3 heterocycles. The number of hydrogen-bond donors (Lipinski definition) is 1. The average Bonchev–Trinajstić information content (AvgIpc) is 2.87.